The van der Waals surface area contributed by atoms with Crippen molar-refractivity contribution < 1.29 is 31.7 Å². The highest BCUT2D eigenvalue weighted by molar-refractivity contribution is 7.85. The molecule has 0 bridgehead atoms. The number of thiazole rings is 1. The second kappa shape index (κ2) is 26.0. The molecule has 9 heteroatoms. The number of hydrogen-bond acceptors (Lipinski definition) is 7. The number of fused-ring (bicyclic) bond motifs is 1. The van der Waals surface area contributed by atoms with Crippen LogP contribution in [0.25, 0.3) is 10.2 Å². The van der Waals surface area contributed by atoms with Gasteiger partial charge in [-0.1, -0.05) is 144 Å². The van der Waals surface area contributed by atoms with E-state index in [4.69, 9.17) is 14.2 Å². The summed E-state index contributed by atoms with van der Waals surface area (Å²) in [5.41, 5.74) is 4.55. The molecule has 50 heavy (non-hydrogen) atoms. The molecule has 2 aromatic carbocycles. The first-order chi connectivity index (χ1) is 24.4. The summed E-state index contributed by atoms with van der Waals surface area (Å²) in [7, 11) is -4.27. The van der Waals surface area contributed by atoms with Crippen molar-refractivity contribution in [1.82, 2.24) is 0 Å². The van der Waals surface area contributed by atoms with Crippen LogP contribution >= 0.6 is 11.3 Å². The predicted molar refractivity (Wildman–Crippen MR) is 205 cm³/mol. The summed E-state index contributed by atoms with van der Waals surface area (Å²) >= 11 is 1.83. The van der Waals surface area contributed by atoms with Crippen LogP contribution < -0.4 is 4.57 Å². The lowest BCUT2D eigenvalue weighted by molar-refractivity contribution is -0.667. The molecule has 7 nitrogen and oxygen atoms in total. The average molecular weight is 732 g/mol. The molecule has 1 fully saturated rings. The fourth-order valence-electron chi connectivity index (χ4n) is 6.33. The number of unbranched alkanes of at least 4 members (excludes halogenated alkanes) is 17. The maximum atomic E-state index is 10.4. The number of hydrogen-bond donors (Lipinski definition) is 0. The molecule has 1 aliphatic heterocycles. The minimum atomic E-state index is -4.27. The van der Waals surface area contributed by atoms with E-state index in [9.17, 15) is 13.0 Å². The molecule has 1 saturated heterocycles. The minimum Gasteiger partial charge on any atom is -0.744 e. The SMILES string of the molecule is CCCCCCCCCCCCCCCCC[C@@H]1OC[C@@H](COCCCCCC[n+]2csc3ccccc32)O1.Cc1ccc(S(=O)(=O)[O-])cc1. The molecule has 0 spiro atoms. The van der Waals surface area contributed by atoms with Gasteiger partial charge in [-0.3, -0.25) is 0 Å². The first kappa shape index (κ1) is 42.5. The van der Waals surface area contributed by atoms with Crippen molar-refractivity contribution in [3.05, 3.63) is 59.6 Å². The smallest absolute Gasteiger partial charge is 0.225 e. The number of rotatable bonds is 26. The van der Waals surface area contributed by atoms with Gasteiger partial charge in [0.25, 0.3) is 0 Å². The van der Waals surface area contributed by atoms with Crippen molar-refractivity contribution >= 4 is 31.7 Å². The number of nitrogens with zero attached hydrogens (tertiary/aromatic N) is 1. The summed E-state index contributed by atoms with van der Waals surface area (Å²) in [6, 6.07) is 14.5. The normalized spacial score (nSPS) is 16.1. The molecule has 0 unspecified atom stereocenters. The van der Waals surface area contributed by atoms with Gasteiger partial charge in [0.15, 0.2) is 6.29 Å². The first-order valence-corrected chi connectivity index (χ1v) is 21.9. The molecule has 3 aromatic rings. The van der Waals surface area contributed by atoms with Gasteiger partial charge in [0, 0.05) is 19.1 Å². The van der Waals surface area contributed by atoms with Gasteiger partial charge in [0.2, 0.25) is 11.0 Å². The van der Waals surface area contributed by atoms with E-state index in [2.05, 4.69) is 41.3 Å². The van der Waals surface area contributed by atoms with Gasteiger partial charge < -0.3 is 18.8 Å². The lowest BCUT2D eigenvalue weighted by Gasteiger charge is -2.12. The quantitative estimate of drug-likeness (QED) is 0.0464. The Morgan fingerprint density at radius 1 is 0.780 bits per heavy atom. The zero-order valence-corrected chi connectivity index (χ0v) is 32.7. The highest BCUT2D eigenvalue weighted by Gasteiger charge is 2.25. The van der Waals surface area contributed by atoms with Crippen molar-refractivity contribution in [3.8, 4) is 0 Å². The number of para-hydroxylation sites is 1. The van der Waals surface area contributed by atoms with Gasteiger partial charge in [-0.05, 0) is 50.8 Å². The van der Waals surface area contributed by atoms with Crippen LogP contribution in [-0.2, 0) is 30.9 Å². The van der Waals surface area contributed by atoms with E-state index in [1.807, 2.05) is 18.3 Å². The summed E-state index contributed by atoms with van der Waals surface area (Å²) in [4.78, 5) is -0.178. The molecule has 0 N–H and O–H groups in total. The third kappa shape index (κ3) is 18.6. The fraction of sp³-hybridized carbons (Fsp3) is 0.683. The van der Waals surface area contributed by atoms with Crippen LogP contribution in [0.1, 0.15) is 141 Å². The summed E-state index contributed by atoms with van der Waals surface area (Å²) in [5.74, 6) is 0. The topological polar surface area (TPSA) is 88.8 Å². The summed E-state index contributed by atoms with van der Waals surface area (Å²) in [6.07, 6.45) is 27.0. The summed E-state index contributed by atoms with van der Waals surface area (Å²) in [6.45, 7) is 7.42. The van der Waals surface area contributed by atoms with Gasteiger partial charge in [0.05, 0.1) is 18.1 Å². The zero-order chi connectivity index (χ0) is 35.7. The number of aromatic nitrogens is 1. The van der Waals surface area contributed by atoms with Crippen molar-refractivity contribution in [1.29, 1.82) is 0 Å². The second-order valence-corrected chi connectivity index (χ2v) is 16.2. The monoisotopic (exact) mass is 731 g/mol. The van der Waals surface area contributed by atoms with Crippen molar-refractivity contribution in [2.45, 2.75) is 166 Å². The summed E-state index contributed by atoms with van der Waals surface area (Å²) in [5, 5.41) is 0. The Balaban J connectivity index is 0.000000521. The molecule has 2 atom stereocenters. The Morgan fingerprint density at radius 3 is 2.00 bits per heavy atom. The van der Waals surface area contributed by atoms with Crippen molar-refractivity contribution in [3.63, 3.8) is 0 Å². The molecule has 1 aliphatic rings. The molecular weight excluding hydrogens is 667 g/mol. The van der Waals surface area contributed by atoms with Crippen LogP contribution in [0.4, 0.5) is 0 Å². The molecule has 0 radical (unpaired) electrons. The standard InChI is InChI=1S/C34H58NO3S.C7H8O3S/c1-2-3-4-5-6-7-8-9-10-11-12-13-14-15-18-25-34-37-29-31(38-34)28-36-27-22-17-16-21-26-35-30-39-33-24-20-19-23-32(33)35;1-6-2-4-7(5-3-6)11(8,9)10/h19-20,23-24,30-31,34H,2-18,21-22,25-29H2,1H3;2-5H,1H3,(H,8,9,10)/q+1;/p-1/t31-,34-;/m1./s1. The molecule has 2 heterocycles. The van der Waals surface area contributed by atoms with Crippen LogP contribution in [0.5, 0.6) is 0 Å². The lowest BCUT2D eigenvalue weighted by atomic mass is 10.0. The van der Waals surface area contributed by atoms with Crippen LogP contribution in [0, 0.1) is 6.92 Å². The van der Waals surface area contributed by atoms with Crippen molar-refractivity contribution in [2.75, 3.05) is 19.8 Å². The Hall–Kier alpha value is -1.88. The number of benzene rings is 2. The third-order valence-electron chi connectivity index (χ3n) is 9.39. The van der Waals surface area contributed by atoms with Gasteiger partial charge in [-0.15, -0.1) is 0 Å². The molecule has 282 valence electrons. The molecule has 0 amide bonds. The van der Waals surface area contributed by atoms with E-state index in [0.29, 0.717) is 13.2 Å². The highest BCUT2D eigenvalue weighted by atomic mass is 32.2. The number of ether oxygens (including phenoxy) is 3. The Morgan fingerprint density at radius 2 is 1.36 bits per heavy atom. The Bertz CT molecular complexity index is 1380. The predicted octanol–water partition coefficient (Wildman–Crippen LogP) is 10.7. The molecule has 4 rings (SSSR count). The van der Waals surface area contributed by atoms with Crippen LogP contribution in [0.2, 0.25) is 0 Å². The fourth-order valence-corrected chi connectivity index (χ4v) is 7.73. The summed E-state index contributed by atoms with van der Waals surface area (Å²) < 4.78 is 52.7. The third-order valence-corrected chi connectivity index (χ3v) is 11.2. The largest absolute Gasteiger partial charge is 0.744 e. The van der Waals surface area contributed by atoms with E-state index in [1.54, 1.807) is 12.1 Å². The maximum absolute atomic E-state index is 10.4. The molecule has 0 saturated carbocycles. The molecule has 1 aromatic heterocycles. The van der Waals surface area contributed by atoms with Crippen LogP contribution in [0.3, 0.4) is 0 Å². The average Bonchev–Trinajstić information content (AvgIpc) is 3.74. The minimum absolute atomic E-state index is 0.00809. The number of aryl methyl sites for hydroxylation is 2. The van der Waals surface area contributed by atoms with Gasteiger partial charge >= 0.3 is 0 Å². The van der Waals surface area contributed by atoms with E-state index < -0.39 is 10.1 Å². The van der Waals surface area contributed by atoms with Gasteiger partial charge in [0.1, 0.15) is 27.5 Å². The van der Waals surface area contributed by atoms with Crippen molar-refractivity contribution in [2.24, 2.45) is 0 Å². The Kier molecular flexibility index (Phi) is 22.1. The maximum Gasteiger partial charge on any atom is 0.225 e. The van der Waals surface area contributed by atoms with Gasteiger partial charge in [-0.25, -0.2) is 8.42 Å². The lowest BCUT2D eigenvalue weighted by Crippen LogP contribution is -2.31. The first-order valence-electron chi connectivity index (χ1n) is 19.6. The second-order valence-electron chi connectivity index (χ2n) is 13.9. The van der Waals surface area contributed by atoms with E-state index in [1.165, 1.54) is 138 Å². The van der Waals surface area contributed by atoms with E-state index in [0.717, 1.165) is 31.6 Å². The van der Waals surface area contributed by atoms with Crippen LogP contribution in [-0.4, -0.2) is 45.2 Å². The Labute approximate surface area is 307 Å². The molecular formula is C41H65NO6S2. The zero-order valence-electron chi connectivity index (χ0n) is 31.0. The van der Waals surface area contributed by atoms with E-state index >= 15 is 0 Å². The molecule has 0 aliphatic carbocycles. The van der Waals surface area contributed by atoms with E-state index in [-0.39, 0.29) is 17.3 Å². The van der Waals surface area contributed by atoms with Crippen LogP contribution in [0.15, 0.2) is 58.9 Å². The highest BCUT2D eigenvalue weighted by Crippen LogP contribution is 2.20. The van der Waals surface area contributed by atoms with Gasteiger partial charge in [-0.2, -0.15) is 4.57 Å².